The van der Waals surface area contributed by atoms with Crippen LogP contribution in [0.1, 0.15) is 32.8 Å². The quantitative estimate of drug-likeness (QED) is 0.315. The molecule has 1 aromatic rings. The highest BCUT2D eigenvalue weighted by Crippen LogP contribution is 2.29. The molecule has 0 saturated heterocycles. The Morgan fingerprint density at radius 2 is 1.77 bits per heavy atom. The maximum Gasteiger partial charge on any atom is 0.328 e. The number of benzene rings is 1. The highest BCUT2D eigenvalue weighted by atomic mass is 35.5. The van der Waals surface area contributed by atoms with Crippen molar-refractivity contribution in [2.24, 2.45) is 5.41 Å². The van der Waals surface area contributed by atoms with Crippen molar-refractivity contribution >= 4 is 35.4 Å². The topological polar surface area (TPSA) is 69.7 Å². The highest BCUT2D eigenvalue weighted by molar-refractivity contribution is 6.30. The number of ketones is 1. The molecule has 0 radical (unpaired) electrons. The summed E-state index contributed by atoms with van der Waals surface area (Å²) >= 11 is 5.96. The number of carbonyl (C=O) groups is 3. The summed E-state index contributed by atoms with van der Waals surface area (Å²) in [5, 5.41) is 0.515. The monoisotopic (exact) mass is 376 g/mol. The molecule has 0 aliphatic carbocycles. The van der Waals surface area contributed by atoms with Crippen molar-refractivity contribution in [1.29, 1.82) is 0 Å². The number of hydrogen-bond acceptors (Lipinski definition) is 5. The molecule has 0 aliphatic heterocycles. The summed E-state index contributed by atoms with van der Waals surface area (Å²) in [5.41, 5.74) is -1.08. The Hall–Kier alpha value is -2.58. The fraction of sp³-hybridized carbons (Fsp3) is 0.350. The Kier molecular flexibility index (Phi) is 8.60. The fourth-order valence-corrected chi connectivity index (χ4v) is 2.30. The lowest BCUT2D eigenvalue weighted by Crippen LogP contribution is -2.40. The molecule has 1 aromatic carbocycles. The van der Waals surface area contributed by atoms with Gasteiger partial charge in [-0.2, -0.15) is 0 Å². The van der Waals surface area contributed by atoms with Gasteiger partial charge in [-0.3, -0.25) is 14.4 Å². The average Bonchev–Trinajstić information content (AvgIpc) is 2.58. The molecule has 1 rings (SSSR count). The van der Waals surface area contributed by atoms with Gasteiger partial charge in [-0.25, -0.2) is 0 Å². The molecule has 0 aliphatic rings. The van der Waals surface area contributed by atoms with Crippen LogP contribution in [-0.4, -0.2) is 30.9 Å². The first-order chi connectivity index (χ1) is 12.4. The molecule has 0 N–H and O–H groups in total. The van der Waals surface area contributed by atoms with Gasteiger partial charge in [0.25, 0.3) is 0 Å². The van der Waals surface area contributed by atoms with Crippen LogP contribution in [0.2, 0.25) is 5.02 Å². The van der Waals surface area contributed by atoms with E-state index in [2.05, 4.69) is 11.8 Å². The van der Waals surface area contributed by atoms with Crippen LogP contribution in [0.5, 0.6) is 0 Å². The predicted octanol–water partition coefficient (Wildman–Crippen LogP) is 3.45. The van der Waals surface area contributed by atoms with Gasteiger partial charge in [0.15, 0.2) is 5.41 Å². The van der Waals surface area contributed by atoms with Gasteiger partial charge in [-0.15, -0.1) is 0 Å². The third-order valence-corrected chi connectivity index (χ3v) is 3.56. The van der Waals surface area contributed by atoms with Crippen molar-refractivity contribution in [2.75, 3.05) is 13.2 Å². The lowest BCUT2D eigenvalue weighted by Gasteiger charge is -2.24. The summed E-state index contributed by atoms with van der Waals surface area (Å²) in [6, 6.07) is 6.90. The Labute approximate surface area is 158 Å². The first kappa shape index (κ1) is 21.5. The van der Waals surface area contributed by atoms with Crippen LogP contribution in [0.3, 0.4) is 0 Å². The van der Waals surface area contributed by atoms with E-state index >= 15 is 0 Å². The van der Waals surface area contributed by atoms with Gasteiger partial charge in [-0.05, 0) is 37.5 Å². The van der Waals surface area contributed by atoms with E-state index in [4.69, 9.17) is 21.1 Å². The van der Waals surface area contributed by atoms with Crippen molar-refractivity contribution in [2.45, 2.75) is 27.2 Å². The first-order valence-electron chi connectivity index (χ1n) is 8.14. The molecular formula is C20H21ClO5. The van der Waals surface area contributed by atoms with E-state index in [1.54, 1.807) is 44.2 Å². The largest absolute Gasteiger partial charge is 0.465 e. The normalized spacial score (nSPS) is 10.8. The third kappa shape index (κ3) is 6.05. The van der Waals surface area contributed by atoms with Crippen LogP contribution in [0.15, 0.2) is 30.3 Å². The molecule has 0 atom stereocenters. The van der Waals surface area contributed by atoms with Gasteiger partial charge in [0.2, 0.25) is 5.78 Å². The second kappa shape index (κ2) is 10.4. The number of esters is 2. The van der Waals surface area contributed by atoms with E-state index in [0.717, 1.165) is 0 Å². The molecule has 5 nitrogen and oxygen atoms in total. The standard InChI is InChI=1S/C20H21ClO5/c1-4-25-18(23)20(19(24)26-5-2,12-7-8-15(3)22)13-11-16-9-6-10-17(21)14-16/h6,9-11,13-14H,4-5,12H2,1-3H3/b13-11+. The molecule has 0 saturated carbocycles. The molecule has 0 bridgehead atoms. The predicted molar refractivity (Wildman–Crippen MR) is 99.3 cm³/mol. The van der Waals surface area contributed by atoms with Gasteiger partial charge < -0.3 is 9.47 Å². The molecular weight excluding hydrogens is 356 g/mol. The maximum absolute atomic E-state index is 12.6. The minimum atomic E-state index is -1.77. The highest BCUT2D eigenvalue weighted by Gasteiger charge is 2.46. The Bertz CT molecular complexity index is 737. The van der Waals surface area contributed by atoms with E-state index in [9.17, 15) is 14.4 Å². The number of hydrogen-bond donors (Lipinski definition) is 0. The van der Waals surface area contributed by atoms with E-state index in [1.165, 1.54) is 13.0 Å². The zero-order chi connectivity index (χ0) is 19.6. The van der Waals surface area contributed by atoms with Gasteiger partial charge in [0, 0.05) is 18.4 Å². The number of carbonyl (C=O) groups excluding carboxylic acids is 3. The Balaban J connectivity index is 3.38. The van der Waals surface area contributed by atoms with Crippen LogP contribution < -0.4 is 0 Å². The second-order valence-corrected chi connectivity index (χ2v) is 5.77. The molecule has 0 amide bonds. The first-order valence-corrected chi connectivity index (χ1v) is 8.52. The zero-order valence-corrected chi connectivity index (χ0v) is 15.8. The Morgan fingerprint density at radius 1 is 1.15 bits per heavy atom. The molecule has 138 valence electrons. The van der Waals surface area contributed by atoms with Crippen LogP contribution in [0.4, 0.5) is 0 Å². The second-order valence-electron chi connectivity index (χ2n) is 5.34. The van der Waals surface area contributed by atoms with Crippen molar-refractivity contribution < 1.29 is 23.9 Å². The molecule has 0 aromatic heterocycles. The summed E-state index contributed by atoms with van der Waals surface area (Å²) in [5.74, 6) is 2.98. The van der Waals surface area contributed by atoms with E-state index in [1.807, 2.05) is 0 Å². The SMILES string of the molecule is CCOC(=O)C(/C=C/c1cccc(Cl)c1)(CC#CC(C)=O)C(=O)OCC. The summed E-state index contributed by atoms with van der Waals surface area (Å²) in [6.07, 6.45) is 2.74. The van der Waals surface area contributed by atoms with Crippen LogP contribution in [0.25, 0.3) is 6.08 Å². The van der Waals surface area contributed by atoms with Crippen molar-refractivity contribution in [1.82, 2.24) is 0 Å². The van der Waals surface area contributed by atoms with Crippen LogP contribution >= 0.6 is 11.6 Å². The average molecular weight is 377 g/mol. The number of rotatable bonds is 7. The number of halogens is 1. The summed E-state index contributed by atoms with van der Waals surface area (Å²) in [6.45, 7) is 4.74. The molecule has 26 heavy (non-hydrogen) atoms. The van der Waals surface area contributed by atoms with Gasteiger partial charge in [0.05, 0.1) is 13.2 Å². The lowest BCUT2D eigenvalue weighted by atomic mass is 9.83. The molecule has 0 heterocycles. The van der Waals surface area contributed by atoms with Gasteiger partial charge >= 0.3 is 11.9 Å². The fourth-order valence-electron chi connectivity index (χ4n) is 2.10. The number of Topliss-reactive ketones (excluding diaryl/α,β-unsaturated/α-hetero) is 1. The van der Waals surface area contributed by atoms with Crippen molar-refractivity contribution in [3.63, 3.8) is 0 Å². The Morgan fingerprint density at radius 3 is 2.27 bits per heavy atom. The number of ether oxygens (including phenoxy) is 2. The summed E-state index contributed by atoms with van der Waals surface area (Å²) < 4.78 is 10.1. The van der Waals surface area contributed by atoms with E-state index in [0.29, 0.717) is 10.6 Å². The van der Waals surface area contributed by atoms with E-state index in [-0.39, 0.29) is 25.4 Å². The molecule has 6 heteroatoms. The van der Waals surface area contributed by atoms with Crippen molar-refractivity contribution in [3.05, 3.63) is 40.9 Å². The summed E-state index contributed by atoms with van der Waals surface area (Å²) in [7, 11) is 0. The van der Waals surface area contributed by atoms with E-state index < -0.39 is 17.4 Å². The maximum atomic E-state index is 12.6. The smallest absolute Gasteiger partial charge is 0.328 e. The zero-order valence-electron chi connectivity index (χ0n) is 15.0. The minimum absolute atomic E-state index is 0.0884. The minimum Gasteiger partial charge on any atom is -0.465 e. The van der Waals surface area contributed by atoms with Crippen LogP contribution in [-0.2, 0) is 23.9 Å². The molecule has 0 unspecified atom stereocenters. The third-order valence-electron chi connectivity index (χ3n) is 3.32. The molecule has 0 spiro atoms. The van der Waals surface area contributed by atoms with Crippen molar-refractivity contribution in [3.8, 4) is 11.8 Å². The summed E-state index contributed by atoms with van der Waals surface area (Å²) in [4.78, 5) is 36.3. The molecule has 0 fully saturated rings. The van der Waals surface area contributed by atoms with Gasteiger partial charge in [-0.1, -0.05) is 41.8 Å². The van der Waals surface area contributed by atoms with Gasteiger partial charge in [0.1, 0.15) is 0 Å². The lowest BCUT2D eigenvalue weighted by molar-refractivity contribution is -0.167. The van der Waals surface area contributed by atoms with Crippen LogP contribution in [0, 0.1) is 17.3 Å².